The van der Waals surface area contributed by atoms with Crippen LogP contribution in [0.15, 0.2) is 48.9 Å². The number of hydrogen-bond acceptors (Lipinski definition) is 4. The first kappa shape index (κ1) is 13.3. The highest BCUT2D eigenvalue weighted by atomic mass is 16.5. The van der Waals surface area contributed by atoms with Gasteiger partial charge in [-0.15, -0.1) is 0 Å². The lowest BCUT2D eigenvalue weighted by molar-refractivity contribution is 0.0600. The number of aromatic nitrogens is 3. The molecular formula is C16H15N3O2. The zero-order valence-electron chi connectivity index (χ0n) is 11.7. The van der Waals surface area contributed by atoms with Crippen molar-refractivity contribution in [2.45, 2.75) is 13.0 Å². The molecule has 0 N–H and O–H groups in total. The summed E-state index contributed by atoms with van der Waals surface area (Å²) in [7, 11) is 1.35. The van der Waals surface area contributed by atoms with Gasteiger partial charge >= 0.3 is 5.97 Å². The average molecular weight is 281 g/mol. The van der Waals surface area contributed by atoms with Gasteiger partial charge in [0.1, 0.15) is 5.52 Å². The van der Waals surface area contributed by atoms with E-state index in [9.17, 15) is 4.79 Å². The molecule has 0 amide bonds. The summed E-state index contributed by atoms with van der Waals surface area (Å²) in [5.74, 6) is -0.400. The van der Waals surface area contributed by atoms with Crippen LogP contribution in [0.5, 0.6) is 0 Å². The number of carbonyl (C=O) groups is 1. The summed E-state index contributed by atoms with van der Waals surface area (Å²) in [6, 6.07) is 12.0. The number of methoxy groups -OCH3 is 1. The lowest BCUT2D eigenvalue weighted by Crippen LogP contribution is -2.04. The lowest BCUT2D eigenvalue weighted by atomic mass is 10.1. The number of hydrogen-bond donors (Lipinski definition) is 0. The molecule has 5 heteroatoms. The number of esters is 1. The Bertz CT molecular complexity index is 766. The van der Waals surface area contributed by atoms with Crippen molar-refractivity contribution in [3.63, 3.8) is 0 Å². The molecule has 2 aromatic heterocycles. The molecule has 0 bridgehead atoms. The van der Waals surface area contributed by atoms with Gasteiger partial charge in [-0.3, -0.25) is 0 Å². The molecule has 1 aromatic carbocycles. The van der Waals surface area contributed by atoms with Gasteiger partial charge in [0.05, 0.1) is 19.0 Å². The number of imidazole rings is 1. The smallest absolute Gasteiger partial charge is 0.339 e. The van der Waals surface area contributed by atoms with Crippen LogP contribution in [0.3, 0.4) is 0 Å². The van der Waals surface area contributed by atoms with E-state index in [2.05, 4.69) is 26.8 Å². The van der Waals surface area contributed by atoms with Gasteiger partial charge in [-0.2, -0.15) is 0 Å². The molecule has 0 aliphatic rings. The third kappa shape index (κ3) is 2.76. The summed E-state index contributed by atoms with van der Waals surface area (Å²) < 4.78 is 6.67. The maximum atomic E-state index is 11.5. The average Bonchev–Trinajstić information content (AvgIpc) is 2.95. The van der Waals surface area contributed by atoms with Gasteiger partial charge in [-0.1, -0.05) is 30.3 Å². The second-order valence-electron chi connectivity index (χ2n) is 4.73. The van der Waals surface area contributed by atoms with Gasteiger partial charge in [0, 0.05) is 12.7 Å². The van der Waals surface area contributed by atoms with Crippen LogP contribution in [0.1, 0.15) is 15.9 Å². The summed E-state index contributed by atoms with van der Waals surface area (Å²) in [6.07, 6.45) is 4.18. The Labute approximate surface area is 122 Å². The summed E-state index contributed by atoms with van der Waals surface area (Å²) >= 11 is 0. The number of aryl methyl sites for hydroxylation is 2. The maximum absolute atomic E-state index is 11.5. The third-order valence-corrected chi connectivity index (χ3v) is 3.36. The van der Waals surface area contributed by atoms with Crippen LogP contribution in [0, 0.1) is 0 Å². The third-order valence-electron chi connectivity index (χ3n) is 3.36. The number of benzene rings is 1. The highest BCUT2D eigenvalue weighted by molar-refractivity contribution is 5.92. The van der Waals surface area contributed by atoms with E-state index in [1.54, 1.807) is 12.4 Å². The van der Waals surface area contributed by atoms with Crippen LogP contribution < -0.4 is 0 Å². The van der Waals surface area contributed by atoms with Crippen molar-refractivity contribution in [1.82, 2.24) is 14.5 Å². The molecule has 0 fully saturated rings. The second kappa shape index (κ2) is 5.75. The molecule has 21 heavy (non-hydrogen) atoms. The predicted octanol–water partition coefficient (Wildman–Crippen LogP) is 2.46. The summed E-state index contributed by atoms with van der Waals surface area (Å²) in [5, 5.41) is 0. The minimum Gasteiger partial charge on any atom is -0.465 e. The van der Waals surface area contributed by atoms with E-state index in [1.165, 1.54) is 18.9 Å². The molecule has 0 aliphatic heterocycles. The summed E-state index contributed by atoms with van der Waals surface area (Å²) in [5.41, 5.74) is 3.16. The molecule has 0 saturated heterocycles. The Morgan fingerprint density at radius 3 is 2.81 bits per heavy atom. The number of carbonyl (C=O) groups excluding carboxylic acids is 1. The Hall–Kier alpha value is -2.69. The van der Waals surface area contributed by atoms with E-state index in [4.69, 9.17) is 0 Å². The van der Waals surface area contributed by atoms with E-state index < -0.39 is 5.97 Å². The molecule has 3 aromatic rings. The van der Waals surface area contributed by atoms with Crippen molar-refractivity contribution >= 4 is 17.1 Å². The van der Waals surface area contributed by atoms with E-state index in [-0.39, 0.29) is 0 Å². The van der Waals surface area contributed by atoms with Crippen molar-refractivity contribution in [1.29, 1.82) is 0 Å². The first-order chi connectivity index (χ1) is 10.3. The largest absolute Gasteiger partial charge is 0.465 e. The van der Waals surface area contributed by atoms with Gasteiger partial charge in [0.15, 0.2) is 5.65 Å². The lowest BCUT2D eigenvalue weighted by Gasteiger charge is -2.04. The van der Waals surface area contributed by atoms with Gasteiger partial charge in [0.25, 0.3) is 0 Å². The Balaban J connectivity index is 1.82. The highest BCUT2D eigenvalue weighted by Crippen LogP contribution is 2.13. The maximum Gasteiger partial charge on any atom is 0.339 e. The molecule has 0 atom stereocenters. The molecule has 2 heterocycles. The van der Waals surface area contributed by atoms with Gasteiger partial charge in [-0.05, 0) is 18.1 Å². The van der Waals surface area contributed by atoms with Crippen LogP contribution in [-0.2, 0) is 17.7 Å². The minimum atomic E-state index is -0.400. The van der Waals surface area contributed by atoms with Crippen LogP contribution in [0.2, 0.25) is 0 Å². The van der Waals surface area contributed by atoms with Gasteiger partial charge in [0.2, 0.25) is 0 Å². The predicted molar refractivity (Wildman–Crippen MR) is 79.0 cm³/mol. The van der Waals surface area contributed by atoms with Crippen LogP contribution in [0.25, 0.3) is 11.2 Å². The van der Waals surface area contributed by atoms with Crippen molar-refractivity contribution in [3.05, 3.63) is 60.0 Å². The topological polar surface area (TPSA) is 57.0 Å². The number of pyridine rings is 1. The van der Waals surface area contributed by atoms with Crippen LogP contribution >= 0.6 is 0 Å². The minimum absolute atomic E-state index is 0.400. The van der Waals surface area contributed by atoms with Crippen molar-refractivity contribution in [3.8, 4) is 0 Å². The molecule has 5 nitrogen and oxygen atoms in total. The van der Waals surface area contributed by atoms with Gasteiger partial charge < -0.3 is 9.30 Å². The SMILES string of the molecule is COC(=O)c1cnc2c(c1)ncn2CCc1ccccc1. The number of nitrogens with zero attached hydrogens (tertiary/aromatic N) is 3. The Morgan fingerprint density at radius 1 is 1.24 bits per heavy atom. The molecule has 0 unspecified atom stereocenters. The Morgan fingerprint density at radius 2 is 2.05 bits per heavy atom. The number of ether oxygens (including phenoxy) is 1. The van der Waals surface area contributed by atoms with Crippen molar-refractivity contribution in [2.24, 2.45) is 0 Å². The van der Waals surface area contributed by atoms with Crippen LogP contribution in [-0.4, -0.2) is 27.6 Å². The number of fused-ring (bicyclic) bond motifs is 1. The molecule has 0 aliphatic carbocycles. The van der Waals surface area contributed by atoms with E-state index in [0.717, 1.165) is 18.6 Å². The highest BCUT2D eigenvalue weighted by Gasteiger charge is 2.10. The first-order valence-corrected chi connectivity index (χ1v) is 6.71. The molecule has 0 spiro atoms. The number of rotatable bonds is 4. The van der Waals surface area contributed by atoms with E-state index >= 15 is 0 Å². The normalized spacial score (nSPS) is 10.7. The van der Waals surface area contributed by atoms with Crippen molar-refractivity contribution in [2.75, 3.05) is 7.11 Å². The fourth-order valence-corrected chi connectivity index (χ4v) is 2.24. The molecule has 0 saturated carbocycles. The Kier molecular flexibility index (Phi) is 3.64. The first-order valence-electron chi connectivity index (χ1n) is 6.71. The fourth-order valence-electron chi connectivity index (χ4n) is 2.24. The van der Waals surface area contributed by atoms with Gasteiger partial charge in [-0.25, -0.2) is 14.8 Å². The fraction of sp³-hybridized carbons (Fsp3) is 0.188. The standard InChI is InChI=1S/C16H15N3O2/c1-21-16(20)13-9-14-15(17-10-13)19(11-18-14)8-7-12-5-3-2-4-6-12/h2-6,9-11H,7-8H2,1H3. The second-order valence-corrected chi connectivity index (χ2v) is 4.73. The van der Waals surface area contributed by atoms with Crippen molar-refractivity contribution < 1.29 is 9.53 Å². The van der Waals surface area contributed by atoms with E-state index in [0.29, 0.717) is 11.1 Å². The molecule has 3 rings (SSSR count). The zero-order chi connectivity index (χ0) is 14.7. The quantitative estimate of drug-likeness (QED) is 0.689. The van der Waals surface area contributed by atoms with Crippen LogP contribution in [0.4, 0.5) is 0 Å². The summed E-state index contributed by atoms with van der Waals surface area (Å²) in [4.78, 5) is 20.1. The molecular weight excluding hydrogens is 266 g/mol. The van der Waals surface area contributed by atoms with E-state index in [1.807, 2.05) is 22.8 Å². The summed E-state index contributed by atoms with van der Waals surface area (Å²) in [6.45, 7) is 0.797. The molecule has 0 radical (unpaired) electrons. The molecule has 106 valence electrons. The monoisotopic (exact) mass is 281 g/mol. The zero-order valence-corrected chi connectivity index (χ0v) is 11.7.